The smallest absolute Gasteiger partial charge is 0.240 e. The minimum atomic E-state index is -3.53. The molecule has 1 aromatic heterocycles. The van der Waals surface area contributed by atoms with Crippen molar-refractivity contribution in [3.8, 4) is 0 Å². The lowest BCUT2D eigenvalue weighted by Gasteiger charge is -2.12. The fourth-order valence-electron chi connectivity index (χ4n) is 1.95. The SMILES string of the molecule is CNc1ncc(C)c(Nc2cccc(S(=O)(=O)NC(C)C)c2)n1. The number of aromatic nitrogens is 2. The van der Waals surface area contributed by atoms with Crippen LogP contribution in [0.4, 0.5) is 17.5 Å². The highest BCUT2D eigenvalue weighted by Gasteiger charge is 2.15. The van der Waals surface area contributed by atoms with Gasteiger partial charge in [-0.2, -0.15) is 4.98 Å². The maximum atomic E-state index is 12.2. The van der Waals surface area contributed by atoms with E-state index in [2.05, 4.69) is 25.3 Å². The van der Waals surface area contributed by atoms with Gasteiger partial charge in [0.15, 0.2) is 0 Å². The molecule has 0 saturated carbocycles. The number of nitrogens with zero attached hydrogens (tertiary/aromatic N) is 2. The maximum Gasteiger partial charge on any atom is 0.240 e. The average Bonchev–Trinajstić information content (AvgIpc) is 2.48. The molecule has 0 bridgehead atoms. The fourth-order valence-corrected chi connectivity index (χ4v) is 3.24. The zero-order chi connectivity index (χ0) is 17.0. The van der Waals surface area contributed by atoms with E-state index in [1.807, 2.05) is 6.92 Å². The first-order valence-corrected chi connectivity index (χ1v) is 8.71. The third-order valence-corrected chi connectivity index (χ3v) is 4.65. The van der Waals surface area contributed by atoms with E-state index in [0.29, 0.717) is 17.5 Å². The molecule has 0 saturated heterocycles. The van der Waals surface area contributed by atoms with Gasteiger partial charge in [0.1, 0.15) is 5.82 Å². The first-order valence-electron chi connectivity index (χ1n) is 7.22. The van der Waals surface area contributed by atoms with Gasteiger partial charge in [-0.05, 0) is 39.0 Å². The summed E-state index contributed by atoms with van der Waals surface area (Å²) in [6.45, 7) is 5.44. The second kappa shape index (κ2) is 6.93. The highest BCUT2D eigenvalue weighted by molar-refractivity contribution is 7.89. The molecule has 124 valence electrons. The van der Waals surface area contributed by atoms with Gasteiger partial charge < -0.3 is 10.6 Å². The molecule has 0 fully saturated rings. The Morgan fingerprint density at radius 2 is 1.96 bits per heavy atom. The van der Waals surface area contributed by atoms with Crippen molar-refractivity contribution in [2.24, 2.45) is 0 Å². The molecule has 3 N–H and O–H groups in total. The van der Waals surface area contributed by atoms with E-state index in [-0.39, 0.29) is 10.9 Å². The molecule has 0 aliphatic heterocycles. The molecule has 1 aromatic carbocycles. The fraction of sp³-hybridized carbons (Fsp3) is 0.333. The predicted octanol–water partition coefficient (Wildman–Crippen LogP) is 2.26. The van der Waals surface area contributed by atoms with Crippen molar-refractivity contribution in [3.63, 3.8) is 0 Å². The molecule has 0 aliphatic rings. The van der Waals surface area contributed by atoms with Gasteiger partial charge in [0.2, 0.25) is 16.0 Å². The van der Waals surface area contributed by atoms with Crippen LogP contribution in [0.1, 0.15) is 19.4 Å². The normalized spacial score (nSPS) is 11.5. The maximum absolute atomic E-state index is 12.2. The van der Waals surface area contributed by atoms with Crippen LogP contribution in [0.3, 0.4) is 0 Å². The standard InChI is InChI=1S/C15H21N5O2S/c1-10(2)20-23(21,22)13-7-5-6-12(8-13)18-14-11(3)9-17-15(16-4)19-14/h5-10,20H,1-4H3,(H2,16,17,18,19). The number of aryl methyl sites for hydroxylation is 1. The van der Waals surface area contributed by atoms with Crippen molar-refractivity contribution in [3.05, 3.63) is 36.0 Å². The highest BCUT2D eigenvalue weighted by atomic mass is 32.2. The molecule has 0 atom stereocenters. The quantitative estimate of drug-likeness (QED) is 0.749. The lowest BCUT2D eigenvalue weighted by atomic mass is 10.3. The Kier molecular flexibility index (Phi) is 5.17. The third-order valence-electron chi connectivity index (χ3n) is 2.99. The number of hydrogen-bond acceptors (Lipinski definition) is 6. The summed E-state index contributed by atoms with van der Waals surface area (Å²) in [5.74, 6) is 1.11. The van der Waals surface area contributed by atoms with E-state index in [1.165, 1.54) is 0 Å². The Morgan fingerprint density at radius 1 is 1.22 bits per heavy atom. The second-order valence-electron chi connectivity index (χ2n) is 5.40. The molecule has 2 aromatic rings. The number of benzene rings is 1. The number of anilines is 3. The zero-order valence-electron chi connectivity index (χ0n) is 13.6. The molecular formula is C15H21N5O2S. The van der Waals surface area contributed by atoms with Crippen molar-refractivity contribution in [1.29, 1.82) is 0 Å². The molecule has 23 heavy (non-hydrogen) atoms. The summed E-state index contributed by atoms with van der Waals surface area (Å²) in [5, 5.41) is 6.00. The molecular weight excluding hydrogens is 314 g/mol. The van der Waals surface area contributed by atoms with E-state index in [4.69, 9.17) is 0 Å². The topological polar surface area (TPSA) is 96.0 Å². The van der Waals surface area contributed by atoms with Gasteiger partial charge in [-0.25, -0.2) is 18.1 Å². The number of nitrogens with one attached hydrogen (secondary N) is 3. The van der Waals surface area contributed by atoms with Crippen LogP contribution in [0, 0.1) is 6.92 Å². The van der Waals surface area contributed by atoms with Crippen LogP contribution < -0.4 is 15.4 Å². The lowest BCUT2D eigenvalue weighted by molar-refractivity contribution is 0.570. The van der Waals surface area contributed by atoms with Crippen LogP contribution in [-0.2, 0) is 10.0 Å². The second-order valence-corrected chi connectivity index (χ2v) is 7.12. The molecule has 0 spiro atoms. The Labute approximate surface area is 136 Å². The predicted molar refractivity (Wildman–Crippen MR) is 91.5 cm³/mol. The van der Waals surface area contributed by atoms with Crippen molar-refractivity contribution in [1.82, 2.24) is 14.7 Å². The minimum Gasteiger partial charge on any atom is -0.357 e. The van der Waals surface area contributed by atoms with Crippen molar-refractivity contribution in [2.45, 2.75) is 31.7 Å². The van der Waals surface area contributed by atoms with E-state index in [1.54, 1.807) is 51.4 Å². The number of sulfonamides is 1. The molecule has 8 heteroatoms. The average molecular weight is 335 g/mol. The molecule has 0 aliphatic carbocycles. The summed E-state index contributed by atoms with van der Waals surface area (Å²) < 4.78 is 27.0. The summed E-state index contributed by atoms with van der Waals surface area (Å²) in [5.41, 5.74) is 1.50. The van der Waals surface area contributed by atoms with Gasteiger partial charge in [0.25, 0.3) is 0 Å². The Balaban J connectivity index is 2.31. The molecule has 2 rings (SSSR count). The lowest BCUT2D eigenvalue weighted by Crippen LogP contribution is -2.30. The van der Waals surface area contributed by atoms with Gasteiger partial charge in [-0.15, -0.1) is 0 Å². The molecule has 0 amide bonds. The van der Waals surface area contributed by atoms with Crippen LogP contribution in [-0.4, -0.2) is 31.5 Å². The Bertz CT molecular complexity index is 790. The number of hydrogen-bond donors (Lipinski definition) is 3. The third kappa shape index (κ3) is 4.40. The van der Waals surface area contributed by atoms with Gasteiger partial charge in [0, 0.05) is 30.5 Å². The summed E-state index contributed by atoms with van der Waals surface area (Å²) in [6, 6.07) is 6.44. The molecule has 7 nitrogen and oxygen atoms in total. The summed E-state index contributed by atoms with van der Waals surface area (Å²) in [7, 11) is -1.80. The Morgan fingerprint density at radius 3 is 2.61 bits per heavy atom. The first kappa shape index (κ1) is 17.2. The van der Waals surface area contributed by atoms with Crippen molar-refractivity contribution in [2.75, 3.05) is 17.7 Å². The van der Waals surface area contributed by atoms with E-state index >= 15 is 0 Å². The van der Waals surface area contributed by atoms with Gasteiger partial charge in [-0.3, -0.25) is 0 Å². The first-order chi connectivity index (χ1) is 10.8. The van der Waals surface area contributed by atoms with Crippen molar-refractivity contribution < 1.29 is 8.42 Å². The molecule has 0 unspecified atom stereocenters. The van der Waals surface area contributed by atoms with Gasteiger partial charge >= 0.3 is 0 Å². The molecule has 1 heterocycles. The van der Waals surface area contributed by atoms with Crippen LogP contribution in [0.25, 0.3) is 0 Å². The van der Waals surface area contributed by atoms with Crippen LogP contribution in [0.15, 0.2) is 35.4 Å². The van der Waals surface area contributed by atoms with Crippen LogP contribution in [0.2, 0.25) is 0 Å². The van der Waals surface area contributed by atoms with Crippen molar-refractivity contribution >= 4 is 27.5 Å². The van der Waals surface area contributed by atoms with E-state index in [0.717, 1.165) is 5.56 Å². The Hall–Kier alpha value is -2.19. The molecule has 0 radical (unpaired) electrons. The summed E-state index contributed by atoms with van der Waals surface area (Å²) in [6.07, 6.45) is 1.70. The van der Waals surface area contributed by atoms with E-state index in [9.17, 15) is 8.42 Å². The zero-order valence-corrected chi connectivity index (χ0v) is 14.4. The minimum absolute atomic E-state index is 0.168. The summed E-state index contributed by atoms with van der Waals surface area (Å²) in [4.78, 5) is 8.65. The summed E-state index contributed by atoms with van der Waals surface area (Å²) >= 11 is 0. The largest absolute Gasteiger partial charge is 0.357 e. The van der Waals surface area contributed by atoms with E-state index < -0.39 is 10.0 Å². The van der Waals surface area contributed by atoms with Gasteiger partial charge in [-0.1, -0.05) is 6.07 Å². The highest BCUT2D eigenvalue weighted by Crippen LogP contribution is 2.21. The number of rotatable bonds is 6. The monoisotopic (exact) mass is 335 g/mol. The van der Waals surface area contributed by atoms with Gasteiger partial charge in [0.05, 0.1) is 4.90 Å². The van der Waals surface area contributed by atoms with Crippen LogP contribution in [0.5, 0.6) is 0 Å². The van der Waals surface area contributed by atoms with Crippen LogP contribution >= 0.6 is 0 Å².